The van der Waals surface area contributed by atoms with E-state index in [1.165, 1.54) is 83.5 Å². The second-order valence-electron chi connectivity index (χ2n) is 17.9. The van der Waals surface area contributed by atoms with Gasteiger partial charge in [0.1, 0.15) is 23.0 Å². The van der Waals surface area contributed by atoms with Gasteiger partial charge in [-0.25, -0.2) is 0 Å². The van der Waals surface area contributed by atoms with Crippen molar-refractivity contribution in [1.29, 1.82) is 0 Å². The number of furan rings is 1. The third kappa shape index (κ3) is 6.16. The van der Waals surface area contributed by atoms with Gasteiger partial charge in [0, 0.05) is 39.7 Å². The number of ether oxygens (including phenoxy) is 1. The van der Waals surface area contributed by atoms with Crippen LogP contribution in [0.5, 0.6) is 5.75 Å². The van der Waals surface area contributed by atoms with Gasteiger partial charge in [0.05, 0.1) is 0 Å². The smallest absolute Gasteiger partial charge is 0.135 e. The van der Waals surface area contributed by atoms with E-state index in [-0.39, 0.29) is 17.4 Å². The van der Waals surface area contributed by atoms with Crippen LogP contribution in [0.15, 0.2) is 199 Å². The van der Waals surface area contributed by atoms with Gasteiger partial charge in [-0.15, -0.1) is 0 Å². The Kier molecular flexibility index (Phi) is 8.57. The van der Waals surface area contributed by atoms with E-state index in [4.69, 9.17) is 9.15 Å². The molecule has 2 heteroatoms. The summed E-state index contributed by atoms with van der Waals surface area (Å²) in [7, 11) is 0. The standard InChI is InChI=1S/C60H46O2/c1-60(2)54-12-6-3-9-48(54)49-32-28-46(37-55(49)60)47(43-26-24-42(25-27-43)45-30-34-59-53(36-45)51-11-5-8-14-57(51)62-59)31-17-38-15-18-39(19-16-38)40-20-22-41(23-21-40)44-29-33-58-52(35-44)50-10-4-7-13-56(50)61-58/h3-13,15-16,18-30,32-37,47,57H,14,17,31H2,1-2H3. The van der Waals surface area contributed by atoms with Crippen molar-refractivity contribution in [3.63, 3.8) is 0 Å². The Balaban J connectivity index is 0.817. The molecule has 0 amide bonds. The Morgan fingerprint density at radius 2 is 1.16 bits per heavy atom. The van der Waals surface area contributed by atoms with E-state index in [1.807, 2.05) is 12.1 Å². The Hall–Kier alpha value is -7.16. The summed E-state index contributed by atoms with van der Waals surface area (Å²) in [6, 6.07) is 65.2. The largest absolute Gasteiger partial charge is 0.485 e. The van der Waals surface area contributed by atoms with Gasteiger partial charge in [-0.05, 0) is 115 Å². The average molecular weight is 799 g/mol. The fourth-order valence-corrected chi connectivity index (χ4v) is 10.5. The van der Waals surface area contributed by atoms with Crippen LogP contribution in [-0.2, 0) is 11.8 Å². The summed E-state index contributed by atoms with van der Waals surface area (Å²) in [4.78, 5) is 0. The predicted molar refractivity (Wildman–Crippen MR) is 257 cm³/mol. The molecule has 0 saturated carbocycles. The molecule has 0 saturated heterocycles. The van der Waals surface area contributed by atoms with Gasteiger partial charge in [-0.2, -0.15) is 0 Å². The first-order chi connectivity index (χ1) is 30.4. The average Bonchev–Trinajstić information content (AvgIpc) is 3.96. The van der Waals surface area contributed by atoms with Gasteiger partial charge >= 0.3 is 0 Å². The van der Waals surface area contributed by atoms with Gasteiger partial charge in [0.15, 0.2) is 0 Å². The van der Waals surface area contributed by atoms with Gasteiger partial charge < -0.3 is 9.15 Å². The maximum absolute atomic E-state index is 6.28. The minimum absolute atomic E-state index is 0.0491. The molecule has 0 fully saturated rings. The molecule has 3 aliphatic rings. The Morgan fingerprint density at radius 1 is 0.532 bits per heavy atom. The molecular weight excluding hydrogens is 753 g/mol. The van der Waals surface area contributed by atoms with Gasteiger partial charge in [-0.1, -0.05) is 178 Å². The molecule has 1 aliphatic heterocycles. The molecular formula is C60H46O2. The zero-order valence-corrected chi connectivity index (χ0v) is 35.1. The Bertz CT molecular complexity index is 3250. The molecule has 2 aliphatic carbocycles. The first-order valence-electron chi connectivity index (χ1n) is 22.1. The molecule has 2 unspecified atom stereocenters. The topological polar surface area (TPSA) is 22.4 Å². The molecule has 2 heterocycles. The van der Waals surface area contributed by atoms with Crippen LogP contribution in [0.3, 0.4) is 0 Å². The summed E-state index contributed by atoms with van der Waals surface area (Å²) >= 11 is 0. The number of hydrogen-bond acceptors (Lipinski definition) is 2. The van der Waals surface area contributed by atoms with E-state index in [1.54, 1.807) is 0 Å². The lowest BCUT2D eigenvalue weighted by Gasteiger charge is -2.24. The number of hydrogen-bond donors (Lipinski definition) is 0. The number of fused-ring (bicyclic) bond motifs is 9. The van der Waals surface area contributed by atoms with Crippen LogP contribution in [0.1, 0.15) is 66.0 Å². The maximum Gasteiger partial charge on any atom is 0.135 e. The first-order valence-corrected chi connectivity index (χ1v) is 22.1. The van der Waals surface area contributed by atoms with Crippen LogP contribution >= 0.6 is 0 Å². The summed E-state index contributed by atoms with van der Waals surface area (Å²) < 4.78 is 12.4. The molecule has 0 radical (unpaired) electrons. The second kappa shape index (κ2) is 14.5. The highest BCUT2D eigenvalue weighted by Crippen LogP contribution is 2.50. The van der Waals surface area contributed by atoms with Crippen molar-refractivity contribution in [2.45, 2.75) is 50.5 Å². The predicted octanol–water partition coefficient (Wildman–Crippen LogP) is 15.8. The highest BCUT2D eigenvalue weighted by molar-refractivity contribution is 6.06. The molecule has 0 bridgehead atoms. The lowest BCUT2D eigenvalue weighted by molar-refractivity contribution is 0.279. The van der Waals surface area contributed by atoms with E-state index in [0.717, 1.165) is 47.0 Å². The summed E-state index contributed by atoms with van der Waals surface area (Å²) in [5, 5.41) is 2.31. The first kappa shape index (κ1) is 36.7. The van der Waals surface area contributed by atoms with Crippen LogP contribution in [0.2, 0.25) is 0 Å². The molecule has 2 nitrogen and oxygen atoms in total. The van der Waals surface area contributed by atoms with Crippen molar-refractivity contribution in [3.8, 4) is 50.3 Å². The molecule has 8 aromatic carbocycles. The molecule has 0 N–H and O–H groups in total. The van der Waals surface area contributed by atoms with Crippen molar-refractivity contribution in [1.82, 2.24) is 0 Å². The highest BCUT2D eigenvalue weighted by Gasteiger charge is 2.36. The number of rotatable bonds is 8. The van der Waals surface area contributed by atoms with Crippen molar-refractivity contribution >= 4 is 27.5 Å². The Morgan fingerprint density at radius 3 is 1.98 bits per heavy atom. The fraction of sp³-hybridized carbons (Fsp3) is 0.133. The number of benzene rings is 8. The normalized spacial score (nSPS) is 16.0. The zero-order chi connectivity index (χ0) is 41.4. The zero-order valence-electron chi connectivity index (χ0n) is 35.1. The molecule has 2 atom stereocenters. The third-order valence-electron chi connectivity index (χ3n) is 13.9. The van der Waals surface area contributed by atoms with Crippen molar-refractivity contribution in [2.24, 2.45) is 0 Å². The summed E-state index contributed by atoms with van der Waals surface area (Å²) in [5.41, 5.74) is 21.3. The molecule has 1 aromatic heterocycles. The maximum atomic E-state index is 6.28. The third-order valence-corrected chi connectivity index (χ3v) is 13.9. The van der Waals surface area contributed by atoms with E-state index in [0.29, 0.717) is 0 Å². The van der Waals surface area contributed by atoms with E-state index < -0.39 is 0 Å². The van der Waals surface area contributed by atoms with Crippen LogP contribution < -0.4 is 4.74 Å². The second-order valence-corrected chi connectivity index (χ2v) is 17.9. The lowest BCUT2D eigenvalue weighted by atomic mass is 9.79. The van der Waals surface area contributed by atoms with Crippen molar-refractivity contribution in [3.05, 3.63) is 228 Å². The van der Waals surface area contributed by atoms with Gasteiger partial charge in [0.2, 0.25) is 0 Å². The summed E-state index contributed by atoms with van der Waals surface area (Å²) in [6.45, 7) is 4.76. The fourth-order valence-electron chi connectivity index (χ4n) is 10.5. The lowest BCUT2D eigenvalue weighted by Crippen LogP contribution is -2.15. The van der Waals surface area contributed by atoms with Crippen LogP contribution in [0.25, 0.3) is 72.0 Å². The molecule has 62 heavy (non-hydrogen) atoms. The molecule has 12 rings (SSSR count). The van der Waals surface area contributed by atoms with E-state index >= 15 is 0 Å². The summed E-state index contributed by atoms with van der Waals surface area (Å²) in [5.74, 6) is 1.24. The molecule has 0 spiro atoms. The molecule has 9 aromatic rings. The monoisotopic (exact) mass is 798 g/mol. The van der Waals surface area contributed by atoms with Crippen LogP contribution in [-0.4, -0.2) is 6.10 Å². The van der Waals surface area contributed by atoms with Gasteiger partial charge in [0.25, 0.3) is 0 Å². The number of para-hydroxylation sites is 1. The SMILES string of the molecule is CC1(C)c2ccccc2-c2ccc(C(CCc3ccc(-c4ccc(-c5ccc6oc7ccccc7c6c5)cc4)cc3)c3ccc(-c4ccc5c(c4)C4=CC=CCC4O5)cc3)cc21. The summed E-state index contributed by atoms with van der Waals surface area (Å²) in [6.07, 6.45) is 9.62. The highest BCUT2D eigenvalue weighted by atomic mass is 16.5. The van der Waals surface area contributed by atoms with Crippen LogP contribution in [0.4, 0.5) is 0 Å². The number of aryl methyl sites for hydroxylation is 1. The minimum atomic E-state index is -0.0491. The van der Waals surface area contributed by atoms with Crippen LogP contribution in [0, 0.1) is 0 Å². The number of allylic oxidation sites excluding steroid dienone is 2. The van der Waals surface area contributed by atoms with Crippen molar-refractivity contribution < 1.29 is 9.15 Å². The van der Waals surface area contributed by atoms with Crippen molar-refractivity contribution in [2.75, 3.05) is 0 Å². The molecule has 298 valence electrons. The van der Waals surface area contributed by atoms with E-state index in [9.17, 15) is 0 Å². The quantitative estimate of drug-likeness (QED) is 0.153. The van der Waals surface area contributed by atoms with E-state index in [2.05, 4.69) is 196 Å². The Labute approximate surface area is 363 Å². The minimum Gasteiger partial charge on any atom is -0.485 e. The van der Waals surface area contributed by atoms with Gasteiger partial charge in [-0.3, -0.25) is 0 Å².